The number of aliphatic hydroxyl groups excluding tert-OH is 2. The van der Waals surface area contributed by atoms with Crippen molar-refractivity contribution < 1.29 is 24.5 Å². The lowest BCUT2D eigenvalue weighted by atomic mass is 10.0. The number of amides is 1. The van der Waals surface area contributed by atoms with E-state index in [1.54, 1.807) is 0 Å². The fourth-order valence-electron chi connectivity index (χ4n) is 8.46. The molecule has 0 radical (unpaired) electrons. The maximum Gasteiger partial charge on any atom is 0.306 e. The van der Waals surface area contributed by atoms with Gasteiger partial charge in [0.05, 0.1) is 25.2 Å². The maximum absolute atomic E-state index is 13.2. The molecule has 65 heavy (non-hydrogen) atoms. The molecule has 0 spiro atoms. The molecule has 0 aliphatic heterocycles. The minimum atomic E-state index is -0.793. The number of rotatable bonds is 50. The van der Waals surface area contributed by atoms with E-state index in [2.05, 4.69) is 62.5 Å². The molecule has 0 rings (SSSR count). The van der Waals surface area contributed by atoms with Crippen molar-refractivity contribution in [2.75, 3.05) is 6.61 Å². The second-order valence-electron chi connectivity index (χ2n) is 19.1. The van der Waals surface area contributed by atoms with Crippen molar-refractivity contribution in [2.24, 2.45) is 0 Å². The highest BCUT2D eigenvalue weighted by atomic mass is 16.5. The first kappa shape index (κ1) is 62.6. The Morgan fingerprint density at radius 3 is 1.25 bits per heavy atom. The second kappa shape index (κ2) is 52.5. The minimum absolute atomic E-state index is 0.0683. The van der Waals surface area contributed by atoms with Gasteiger partial charge in [-0.2, -0.15) is 0 Å². The van der Waals surface area contributed by atoms with E-state index in [0.29, 0.717) is 19.3 Å². The average Bonchev–Trinajstić information content (AvgIpc) is 3.30. The Bertz CT molecular complexity index is 1160. The maximum atomic E-state index is 13.2. The van der Waals surface area contributed by atoms with Crippen molar-refractivity contribution in [3.8, 4) is 0 Å². The highest BCUT2D eigenvalue weighted by Gasteiger charge is 2.24. The third-order valence-corrected chi connectivity index (χ3v) is 12.7. The molecule has 1 amide bonds. The lowest BCUT2D eigenvalue weighted by Gasteiger charge is -2.24. The molecular weight excluding hydrogens is 803 g/mol. The van der Waals surface area contributed by atoms with E-state index in [4.69, 9.17) is 4.74 Å². The number of ether oxygens (including phenoxy) is 1. The van der Waals surface area contributed by atoms with E-state index in [-0.39, 0.29) is 24.9 Å². The molecule has 3 unspecified atom stereocenters. The van der Waals surface area contributed by atoms with Gasteiger partial charge in [-0.05, 0) is 44.9 Å². The topological polar surface area (TPSA) is 95.9 Å². The van der Waals surface area contributed by atoms with E-state index in [0.717, 1.165) is 77.0 Å². The zero-order chi connectivity index (χ0) is 47.4. The van der Waals surface area contributed by atoms with Gasteiger partial charge < -0.3 is 20.3 Å². The van der Waals surface area contributed by atoms with Crippen LogP contribution in [0.4, 0.5) is 0 Å². The molecule has 0 heterocycles. The van der Waals surface area contributed by atoms with Gasteiger partial charge in [-0.3, -0.25) is 9.59 Å². The van der Waals surface area contributed by atoms with Gasteiger partial charge in [-0.15, -0.1) is 0 Å². The van der Waals surface area contributed by atoms with Crippen LogP contribution >= 0.6 is 0 Å². The zero-order valence-corrected chi connectivity index (χ0v) is 43.1. The molecule has 0 aliphatic carbocycles. The first-order valence-corrected chi connectivity index (χ1v) is 28.1. The Labute approximate surface area is 403 Å². The van der Waals surface area contributed by atoms with Crippen LogP contribution in [0.2, 0.25) is 0 Å². The summed E-state index contributed by atoms with van der Waals surface area (Å²) in [6, 6.07) is -0.707. The summed E-state index contributed by atoms with van der Waals surface area (Å²) in [5.41, 5.74) is 0. The summed E-state index contributed by atoms with van der Waals surface area (Å²) < 4.78 is 5.94. The van der Waals surface area contributed by atoms with Gasteiger partial charge >= 0.3 is 5.97 Å². The summed E-state index contributed by atoms with van der Waals surface area (Å²) in [6.07, 6.45) is 65.6. The van der Waals surface area contributed by atoms with Gasteiger partial charge in [0.1, 0.15) is 6.10 Å². The van der Waals surface area contributed by atoms with Crippen LogP contribution in [0, 0.1) is 0 Å². The second-order valence-corrected chi connectivity index (χ2v) is 19.1. The fraction of sp³-hybridized carbons (Fsp3) is 0.797. The third-order valence-electron chi connectivity index (χ3n) is 12.7. The number of carbonyl (C=O) groups excluding carboxylic acids is 2. The van der Waals surface area contributed by atoms with Gasteiger partial charge in [0, 0.05) is 6.42 Å². The van der Waals surface area contributed by atoms with Gasteiger partial charge in [-0.25, -0.2) is 0 Å². The molecule has 0 aromatic heterocycles. The van der Waals surface area contributed by atoms with Gasteiger partial charge in [0.25, 0.3) is 0 Å². The van der Waals surface area contributed by atoms with Crippen molar-refractivity contribution in [1.82, 2.24) is 5.32 Å². The van der Waals surface area contributed by atoms with Crippen molar-refractivity contribution in [3.05, 3.63) is 60.8 Å². The van der Waals surface area contributed by atoms with E-state index in [1.165, 1.54) is 154 Å². The largest absolute Gasteiger partial charge is 0.462 e. The molecule has 0 saturated heterocycles. The Morgan fingerprint density at radius 1 is 0.446 bits per heavy atom. The number of carbonyl (C=O) groups is 2. The van der Waals surface area contributed by atoms with Gasteiger partial charge in [0.2, 0.25) is 5.91 Å². The molecular formula is C59H107NO5. The third kappa shape index (κ3) is 47.8. The summed E-state index contributed by atoms with van der Waals surface area (Å²) in [6.45, 7) is 6.41. The van der Waals surface area contributed by atoms with Crippen molar-refractivity contribution in [1.29, 1.82) is 0 Å². The summed E-state index contributed by atoms with van der Waals surface area (Å²) in [7, 11) is 0. The van der Waals surface area contributed by atoms with Crippen LogP contribution in [-0.4, -0.2) is 46.9 Å². The number of hydrogen-bond acceptors (Lipinski definition) is 5. The van der Waals surface area contributed by atoms with Crippen LogP contribution in [-0.2, 0) is 14.3 Å². The first-order chi connectivity index (χ1) is 32.0. The average molecular weight is 911 g/mol. The van der Waals surface area contributed by atoms with Crippen molar-refractivity contribution >= 4 is 11.9 Å². The van der Waals surface area contributed by atoms with Gasteiger partial charge in [-0.1, -0.05) is 281 Å². The number of unbranched alkanes of at least 4 members (excludes halogenated alkanes) is 32. The molecule has 0 bridgehead atoms. The predicted octanol–water partition coefficient (Wildman–Crippen LogP) is 17.2. The summed E-state index contributed by atoms with van der Waals surface area (Å²) >= 11 is 0. The Morgan fingerprint density at radius 2 is 0.815 bits per heavy atom. The number of hydrogen-bond donors (Lipinski definition) is 3. The minimum Gasteiger partial charge on any atom is -0.462 e. The van der Waals surface area contributed by atoms with Crippen molar-refractivity contribution in [2.45, 2.75) is 296 Å². The molecule has 378 valence electrons. The predicted molar refractivity (Wildman–Crippen MR) is 282 cm³/mol. The molecule has 0 aliphatic rings. The fourth-order valence-corrected chi connectivity index (χ4v) is 8.46. The number of allylic oxidation sites excluding steroid dienone is 10. The summed E-state index contributed by atoms with van der Waals surface area (Å²) in [5, 5.41) is 23.9. The van der Waals surface area contributed by atoms with E-state index in [9.17, 15) is 19.8 Å². The molecule has 0 aromatic rings. The Hall–Kier alpha value is -2.44. The zero-order valence-electron chi connectivity index (χ0n) is 43.1. The van der Waals surface area contributed by atoms with Crippen molar-refractivity contribution in [3.63, 3.8) is 0 Å². The van der Waals surface area contributed by atoms with E-state index >= 15 is 0 Å². The van der Waals surface area contributed by atoms with Crippen LogP contribution in [0.5, 0.6) is 0 Å². The lowest BCUT2D eigenvalue weighted by Crippen LogP contribution is -2.46. The van der Waals surface area contributed by atoms with Crippen LogP contribution in [0.15, 0.2) is 60.8 Å². The molecule has 3 atom stereocenters. The monoisotopic (exact) mass is 910 g/mol. The summed E-state index contributed by atoms with van der Waals surface area (Å²) in [4.78, 5) is 26.2. The highest BCUT2D eigenvalue weighted by molar-refractivity contribution is 5.77. The Balaban J connectivity index is 4.55. The van der Waals surface area contributed by atoms with E-state index in [1.807, 2.05) is 24.3 Å². The quantitative estimate of drug-likeness (QED) is 0.0321. The molecule has 6 heteroatoms. The van der Waals surface area contributed by atoms with Crippen LogP contribution in [0.3, 0.4) is 0 Å². The summed E-state index contributed by atoms with van der Waals surface area (Å²) in [5.74, 6) is -0.494. The number of nitrogens with one attached hydrogen (secondary N) is 1. The van der Waals surface area contributed by atoms with Gasteiger partial charge in [0.15, 0.2) is 0 Å². The first-order valence-electron chi connectivity index (χ1n) is 28.1. The smallest absolute Gasteiger partial charge is 0.306 e. The van der Waals surface area contributed by atoms with Crippen LogP contribution in [0.25, 0.3) is 0 Å². The van der Waals surface area contributed by atoms with Crippen LogP contribution < -0.4 is 5.32 Å². The molecule has 0 aromatic carbocycles. The molecule has 0 fully saturated rings. The molecule has 0 saturated carbocycles. The molecule has 3 N–H and O–H groups in total. The molecule has 6 nitrogen and oxygen atoms in total. The highest BCUT2D eigenvalue weighted by Crippen LogP contribution is 2.18. The Kier molecular flexibility index (Phi) is 50.6. The SMILES string of the molecule is CCC/C=C/C=C/C=C/C=C/C=C/CCCCCCCC(=O)OC(CCCCCCCCCCCCCC)CC(=O)NC(CO)C(O)CCCCCCCCCCCCCCCCCC. The lowest BCUT2D eigenvalue weighted by molar-refractivity contribution is -0.151. The number of esters is 1. The standard InChI is InChI=1S/C59H107NO5/c1-4-7-10-13-16-19-22-25-27-29-30-32-34-37-40-43-46-49-52-59(64)65-55(50-47-44-41-38-35-24-21-18-15-12-9-6-3)53-58(63)60-56(54-61)57(62)51-48-45-42-39-36-33-31-28-26-23-20-17-14-11-8-5-2/h10,13,16,19,22,25,27,29-30,32,55-57,61-62H,4-9,11-12,14-15,17-18,20-21,23-24,26,28,31,33-54H2,1-3H3,(H,60,63)/b13-10+,19-16+,25-22+,29-27+,32-30+. The normalized spacial score (nSPS) is 13.6. The number of aliphatic hydroxyl groups is 2. The van der Waals surface area contributed by atoms with Crippen LogP contribution in [0.1, 0.15) is 278 Å². The van der Waals surface area contributed by atoms with E-state index < -0.39 is 18.2 Å².